The van der Waals surface area contributed by atoms with Gasteiger partial charge in [-0.1, -0.05) is 60.7 Å². The smallest absolute Gasteiger partial charge is 0.251 e. The van der Waals surface area contributed by atoms with E-state index < -0.39 is 0 Å². The number of amides is 1. The van der Waals surface area contributed by atoms with Crippen LogP contribution in [-0.2, 0) is 11.3 Å². The summed E-state index contributed by atoms with van der Waals surface area (Å²) in [5.41, 5.74) is 3.97. The molecule has 0 bridgehead atoms. The Morgan fingerprint density at radius 1 is 0.935 bits per heavy atom. The minimum absolute atomic E-state index is 0.0798. The first kappa shape index (κ1) is 21.1. The van der Waals surface area contributed by atoms with E-state index in [0.29, 0.717) is 18.7 Å². The number of benzene rings is 3. The molecule has 31 heavy (non-hydrogen) atoms. The van der Waals surface area contributed by atoms with Gasteiger partial charge in [-0.3, -0.25) is 9.69 Å². The molecule has 0 saturated carbocycles. The van der Waals surface area contributed by atoms with Gasteiger partial charge in [-0.25, -0.2) is 0 Å². The Bertz CT molecular complexity index is 985. The second-order valence-corrected chi connectivity index (χ2v) is 7.56. The van der Waals surface area contributed by atoms with Crippen molar-refractivity contribution in [2.45, 2.75) is 6.54 Å². The number of nitrogens with one attached hydrogen (secondary N) is 1. The second-order valence-electron chi connectivity index (χ2n) is 7.56. The predicted molar refractivity (Wildman–Crippen MR) is 122 cm³/mol. The summed E-state index contributed by atoms with van der Waals surface area (Å²) in [6.07, 6.45) is 0. The van der Waals surface area contributed by atoms with Crippen molar-refractivity contribution in [3.8, 4) is 16.9 Å². The van der Waals surface area contributed by atoms with Crippen LogP contribution in [0.15, 0.2) is 78.9 Å². The van der Waals surface area contributed by atoms with Gasteiger partial charge >= 0.3 is 0 Å². The first-order valence-corrected chi connectivity index (χ1v) is 10.7. The van der Waals surface area contributed by atoms with Crippen molar-refractivity contribution in [1.82, 2.24) is 10.2 Å². The van der Waals surface area contributed by atoms with Crippen LogP contribution in [0.1, 0.15) is 15.9 Å². The van der Waals surface area contributed by atoms with E-state index in [-0.39, 0.29) is 5.91 Å². The third-order valence-corrected chi connectivity index (χ3v) is 5.32. The standard InChI is InChI=1S/C26H28N2O3/c29-26(23-10-6-7-21(19-23)20-28-14-17-30-18-15-28)27-13-16-31-25-12-5-4-11-24(25)22-8-2-1-3-9-22/h1-12,19H,13-18,20H2,(H,27,29). The Morgan fingerprint density at radius 2 is 1.71 bits per heavy atom. The Balaban J connectivity index is 1.29. The first-order chi connectivity index (χ1) is 15.3. The lowest BCUT2D eigenvalue weighted by atomic mass is 10.1. The molecule has 1 fully saturated rings. The van der Waals surface area contributed by atoms with Crippen LogP contribution >= 0.6 is 0 Å². The zero-order valence-electron chi connectivity index (χ0n) is 17.6. The van der Waals surface area contributed by atoms with E-state index in [4.69, 9.17) is 9.47 Å². The van der Waals surface area contributed by atoms with Gasteiger partial charge < -0.3 is 14.8 Å². The van der Waals surface area contributed by atoms with Crippen LogP contribution in [0.25, 0.3) is 11.1 Å². The molecular formula is C26H28N2O3. The van der Waals surface area contributed by atoms with Gasteiger partial charge in [0.1, 0.15) is 12.4 Å². The number of morpholine rings is 1. The number of nitrogens with zero attached hydrogens (tertiary/aromatic N) is 1. The molecule has 1 aliphatic heterocycles. The van der Waals surface area contributed by atoms with Crippen LogP contribution in [-0.4, -0.2) is 50.3 Å². The highest BCUT2D eigenvalue weighted by atomic mass is 16.5. The first-order valence-electron chi connectivity index (χ1n) is 10.7. The molecule has 0 spiro atoms. The minimum Gasteiger partial charge on any atom is -0.491 e. The fourth-order valence-corrected chi connectivity index (χ4v) is 3.70. The van der Waals surface area contributed by atoms with Crippen LogP contribution in [0.4, 0.5) is 0 Å². The van der Waals surface area contributed by atoms with Crippen molar-refractivity contribution in [1.29, 1.82) is 0 Å². The molecule has 0 atom stereocenters. The highest BCUT2D eigenvalue weighted by Crippen LogP contribution is 2.29. The molecule has 3 aromatic carbocycles. The average Bonchev–Trinajstić information content (AvgIpc) is 2.83. The number of carbonyl (C=O) groups excluding carboxylic acids is 1. The molecule has 5 heteroatoms. The summed E-state index contributed by atoms with van der Waals surface area (Å²) in [6.45, 7) is 5.08. The Morgan fingerprint density at radius 3 is 2.55 bits per heavy atom. The maximum atomic E-state index is 12.6. The Labute approximate surface area is 183 Å². The Hall–Kier alpha value is -3.15. The molecule has 160 valence electrons. The normalized spacial score (nSPS) is 14.2. The summed E-state index contributed by atoms with van der Waals surface area (Å²) >= 11 is 0. The summed E-state index contributed by atoms with van der Waals surface area (Å²) < 4.78 is 11.4. The van der Waals surface area contributed by atoms with E-state index in [2.05, 4.69) is 28.4 Å². The van der Waals surface area contributed by atoms with Gasteiger partial charge in [-0.2, -0.15) is 0 Å². The number of carbonyl (C=O) groups is 1. The molecule has 0 aromatic heterocycles. The van der Waals surface area contributed by atoms with E-state index in [1.807, 2.05) is 60.7 Å². The maximum absolute atomic E-state index is 12.6. The largest absolute Gasteiger partial charge is 0.491 e. The summed E-state index contributed by atoms with van der Waals surface area (Å²) in [6, 6.07) is 25.9. The summed E-state index contributed by atoms with van der Waals surface area (Å²) in [5.74, 6) is 0.735. The lowest BCUT2D eigenvalue weighted by molar-refractivity contribution is 0.0342. The zero-order chi connectivity index (χ0) is 21.3. The molecule has 0 aliphatic carbocycles. The van der Waals surface area contributed by atoms with Crippen molar-refractivity contribution in [3.63, 3.8) is 0 Å². The average molecular weight is 417 g/mol. The third kappa shape index (κ3) is 5.94. The third-order valence-electron chi connectivity index (χ3n) is 5.32. The molecule has 0 unspecified atom stereocenters. The highest BCUT2D eigenvalue weighted by Gasteiger charge is 2.12. The number of hydrogen-bond acceptors (Lipinski definition) is 4. The molecule has 1 aliphatic rings. The fraction of sp³-hybridized carbons (Fsp3) is 0.269. The lowest BCUT2D eigenvalue weighted by Gasteiger charge is -2.26. The van der Waals surface area contributed by atoms with E-state index >= 15 is 0 Å². The second kappa shape index (κ2) is 10.8. The number of rotatable bonds is 8. The highest BCUT2D eigenvalue weighted by molar-refractivity contribution is 5.94. The number of para-hydroxylation sites is 1. The van der Waals surface area contributed by atoms with Crippen LogP contribution in [0.5, 0.6) is 5.75 Å². The van der Waals surface area contributed by atoms with Gasteiger partial charge in [-0.05, 0) is 29.3 Å². The van der Waals surface area contributed by atoms with E-state index in [9.17, 15) is 4.79 Å². The van der Waals surface area contributed by atoms with Crippen LogP contribution < -0.4 is 10.1 Å². The Kier molecular flexibility index (Phi) is 7.32. The van der Waals surface area contributed by atoms with E-state index in [0.717, 1.165) is 55.3 Å². The maximum Gasteiger partial charge on any atom is 0.251 e. The molecule has 0 radical (unpaired) electrons. The SMILES string of the molecule is O=C(NCCOc1ccccc1-c1ccccc1)c1cccc(CN2CCOCC2)c1. The molecule has 3 aromatic rings. The van der Waals surface area contributed by atoms with Gasteiger partial charge in [0.2, 0.25) is 0 Å². The molecular weight excluding hydrogens is 388 g/mol. The van der Waals surface area contributed by atoms with E-state index in [1.165, 1.54) is 0 Å². The van der Waals surface area contributed by atoms with Crippen LogP contribution in [0.3, 0.4) is 0 Å². The number of hydrogen-bond donors (Lipinski definition) is 1. The van der Waals surface area contributed by atoms with Crippen molar-refractivity contribution in [3.05, 3.63) is 90.0 Å². The van der Waals surface area contributed by atoms with Gasteiger partial charge in [0.25, 0.3) is 5.91 Å². The van der Waals surface area contributed by atoms with Crippen molar-refractivity contribution in [2.75, 3.05) is 39.5 Å². The van der Waals surface area contributed by atoms with Gasteiger partial charge in [0, 0.05) is 30.8 Å². The molecule has 1 heterocycles. The van der Waals surface area contributed by atoms with Crippen molar-refractivity contribution < 1.29 is 14.3 Å². The number of ether oxygens (including phenoxy) is 2. The van der Waals surface area contributed by atoms with Crippen molar-refractivity contribution in [2.24, 2.45) is 0 Å². The van der Waals surface area contributed by atoms with Crippen LogP contribution in [0, 0.1) is 0 Å². The summed E-state index contributed by atoms with van der Waals surface area (Å²) in [7, 11) is 0. The van der Waals surface area contributed by atoms with Crippen molar-refractivity contribution >= 4 is 5.91 Å². The predicted octanol–water partition coefficient (Wildman–Crippen LogP) is 3.99. The van der Waals surface area contributed by atoms with Crippen LogP contribution in [0.2, 0.25) is 0 Å². The summed E-state index contributed by atoms with van der Waals surface area (Å²) in [4.78, 5) is 14.9. The lowest BCUT2D eigenvalue weighted by Crippen LogP contribution is -2.35. The van der Waals surface area contributed by atoms with Gasteiger partial charge in [-0.15, -0.1) is 0 Å². The quantitative estimate of drug-likeness (QED) is 0.564. The molecule has 1 amide bonds. The molecule has 4 rings (SSSR count). The summed E-state index contributed by atoms with van der Waals surface area (Å²) in [5, 5.41) is 2.96. The molecule has 5 nitrogen and oxygen atoms in total. The fourth-order valence-electron chi connectivity index (χ4n) is 3.70. The zero-order valence-corrected chi connectivity index (χ0v) is 17.6. The topological polar surface area (TPSA) is 50.8 Å². The monoisotopic (exact) mass is 416 g/mol. The minimum atomic E-state index is -0.0798. The van der Waals surface area contributed by atoms with Gasteiger partial charge in [0.15, 0.2) is 0 Å². The molecule has 1 N–H and O–H groups in total. The van der Waals surface area contributed by atoms with E-state index in [1.54, 1.807) is 0 Å². The molecule has 1 saturated heterocycles. The van der Waals surface area contributed by atoms with Gasteiger partial charge in [0.05, 0.1) is 19.8 Å².